The van der Waals surface area contributed by atoms with Crippen molar-refractivity contribution in [3.05, 3.63) is 47.8 Å². The van der Waals surface area contributed by atoms with Gasteiger partial charge in [-0.1, -0.05) is 19.9 Å². The number of carbonyl (C=O) groups is 1. The van der Waals surface area contributed by atoms with Crippen LogP contribution in [0.15, 0.2) is 36.7 Å². The molecule has 0 saturated carbocycles. The van der Waals surface area contributed by atoms with Gasteiger partial charge in [-0.05, 0) is 74.5 Å². The first-order valence-electron chi connectivity index (χ1n) is 14.0. The van der Waals surface area contributed by atoms with Crippen LogP contribution >= 0.6 is 0 Å². The molecular formula is C30H39N7O. The van der Waals surface area contributed by atoms with E-state index in [1.54, 1.807) is 0 Å². The van der Waals surface area contributed by atoms with Crippen LogP contribution in [0.2, 0.25) is 0 Å². The molecule has 6 rings (SSSR count). The van der Waals surface area contributed by atoms with Crippen LogP contribution in [-0.2, 0) is 4.79 Å². The van der Waals surface area contributed by atoms with Crippen molar-refractivity contribution in [1.29, 1.82) is 0 Å². The maximum atomic E-state index is 13.0. The van der Waals surface area contributed by atoms with Crippen molar-refractivity contribution in [3.63, 3.8) is 0 Å². The summed E-state index contributed by atoms with van der Waals surface area (Å²) in [7, 11) is 4.27. The predicted octanol–water partition coefficient (Wildman–Crippen LogP) is 4.57. The minimum atomic E-state index is 0.290. The smallest absolute Gasteiger partial charge is 0.236 e. The van der Waals surface area contributed by atoms with Crippen LogP contribution in [-0.4, -0.2) is 93.6 Å². The van der Waals surface area contributed by atoms with Crippen LogP contribution in [0.25, 0.3) is 33.2 Å². The van der Waals surface area contributed by atoms with E-state index in [0.29, 0.717) is 30.3 Å². The number of amides is 1. The number of nitrogens with zero attached hydrogens (tertiary/aromatic N) is 5. The zero-order valence-corrected chi connectivity index (χ0v) is 23.0. The molecule has 5 heterocycles. The van der Waals surface area contributed by atoms with Gasteiger partial charge >= 0.3 is 0 Å². The summed E-state index contributed by atoms with van der Waals surface area (Å²) in [5.74, 6) is 1.13. The van der Waals surface area contributed by atoms with E-state index < -0.39 is 0 Å². The van der Waals surface area contributed by atoms with Gasteiger partial charge in [0.05, 0.1) is 18.4 Å². The highest BCUT2D eigenvalue weighted by atomic mass is 16.2. The molecule has 2 fully saturated rings. The number of likely N-dealkylation sites (N-methyl/N-ethyl adjacent to an activating group) is 1. The normalized spacial score (nSPS) is 19.5. The molecule has 1 amide bonds. The second-order valence-electron chi connectivity index (χ2n) is 11.7. The lowest BCUT2D eigenvalue weighted by atomic mass is 9.87. The van der Waals surface area contributed by atoms with Gasteiger partial charge in [-0.2, -0.15) is 5.10 Å². The number of aromatic amines is 2. The van der Waals surface area contributed by atoms with Crippen molar-refractivity contribution in [1.82, 2.24) is 34.9 Å². The third-order valence-corrected chi connectivity index (χ3v) is 8.72. The number of piperidine rings is 1. The number of nitrogens with one attached hydrogen (secondary N) is 2. The summed E-state index contributed by atoms with van der Waals surface area (Å²) in [6.45, 7) is 8.79. The highest BCUT2D eigenvalue weighted by Crippen LogP contribution is 2.39. The number of benzene rings is 1. The van der Waals surface area contributed by atoms with Crippen molar-refractivity contribution in [2.45, 2.75) is 51.0 Å². The highest BCUT2D eigenvalue weighted by molar-refractivity contribution is 5.98. The number of pyridine rings is 1. The minimum absolute atomic E-state index is 0.290. The molecule has 2 N–H and O–H groups in total. The summed E-state index contributed by atoms with van der Waals surface area (Å²) in [5.41, 5.74) is 6.97. The van der Waals surface area contributed by atoms with Gasteiger partial charge in [0.2, 0.25) is 5.91 Å². The molecule has 1 atom stereocenters. The van der Waals surface area contributed by atoms with Crippen molar-refractivity contribution in [3.8, 4) is 11.3 Å². The van der Waals surface area contributed by atoms with Crippen LogP contribution in [0, 0.1) is 0 Å². The Morgan fingerprint density at radius 3 is 2.66 bits per heavy atom. The van der Waals surface area contributed by atoms with E-state index in [-0.39, 0.29) is 0 Å². The molecule has 2 saturated heterocycles. The molecule has 0 unspecified atom stereocenters. The lowest BCUT2D eigenvalue weighted by Crippen LogP contribution is -2.44. The summed E-state index contributed by atoms with van der Waals surface area (Å²) in [4.78, 5) is 27.9. The summed E-state index contributed by atoms with van der Waals surface area (Å²) < 4.78 is 0. The lowest BCUT2D eigenvalue weighted by Gasteiger charge is -2.33. The van der Waals surface area contributed by atoms with Crippen molar-refractivity contribution >= 4 is 27.8 Å². The molecule has 1 aromatic carbocycles. The first-order chi connectivity index (χ1) is 18.4. The fraction of sp³-hybridized carbons (Fsp3) is 0.500. The minimum Gasteiger partial charge on any atom is -0.354 e. The highest BCUT2D eigenvalue weighted by Gasteiger charge is 2.29. The summed E-state index contributed by atoms with van der Waals surface area (Å²) >= 11 is 0. The average Bonchev–Trinajstić information content (AvgIpc) is 3.66. The van der Waals surface area contributed by atoms with Gasteiger partial charge in [-0.25, -0.2) is 4.98 Å². The van der Waals surface area contributed by atoms with Gasteiger partial charge in [0.15, 0.2) is 5.65 Å². The maximum Gasteiger partial charge on any atom is 0.236 e. The predicted molar refractivity (Wildman–Crippen MR) is 152 cm³/mol. The van der Waals surface area contributed by atoms with E-state index in [0.717, 1.165) is 73.2 Å². The van der Waals surface area contributed by atoms with E-state index in [2.05, 4.69) is 87.1 Å². The number of H-pyrrole nitrogens is 2. The van der Waals surface area contributed by atoms with Gasteiger partial charge < -0.3 is 14.8 Å². The Bertz CT molecular complexity index is 1440. The lowest BCUT2D eigenvalue weighted by molar-refractivity contribution is -0.133. The summed E-state index contributed by atoms with van der Waals surface area (Å²) in [5, 5.41) is 9.54. The zero-order chi connectivity index (χ0) is 26.4. The Kier molecular flexibility index (Phi) is 6.70. The summed E-state index contributed by atoms with van der Waals surface area (Å²) in [6.07, 6.45) is 6.89. The monoisotopic (exact) mass is 513 g/mol. The van der Waals surface area contributed by atoms with Crippen molar-refractivity contribution < 1.29 is 4.79 Å². The van der Waals surface area contributed by atoms with Gasteiger partial charge in [0.25, 0.3) is 0 Å². The third-order valence-electron chi connectivity index (χ3n) is 8.72. The number of carbonyl (C=O) groups excluding carboxylic acids is 1. The quantitative estimate of drug-likeness (QED) is 0.395. The maximum absolute atomic E-state index is 13.0. The van der Waals surface area contributed by atoms with Crippen LogP contribution < -0.4 is 0 Å². The molecule has 3 aromatic heterocycles. The summed E-state index contributed by atoms with van der Waals surface area (Å²) in [6, 6.07) is 9.55. The average molecular weight is 514 g/mol. The number of hydrogen-bond acceptors (Lipinski definition) is 5. The topological polar surface area (TPSA) is 84.1 Å². The zero-order valence-electron chi connectivity index (χ0n) is 23.0. The second-order valence-corrected chi connectivity index (χ2v) is 11.7. The number of fused-ring (bicyclic) bond motifs is 2. The molecule has 8 nitrogen and oxygen atoms in total. The van der Waals surface area contributed by atoms with Crippen LogP contribution in [0.5, 0.6) is 0 Å². The SMILES string of the molecule is CC(C)c1c(-c2ccnc3[nH]ncc23)[nH]c2ccc(C3CCN(C(=O)CN4CC[C@H](N(C)C)C4)CC3)cc12. The van der Waals surface area contributed by atoms with Gasteiger partial charge in [0.1, 0.15) is 0 Å². The van der Waals surface area contributed by atoms with E-state index in [4.69, 9.17) is 0 Å². The third kappa shape index (κ3) is 4.60. The van der Waals surface area contributed by atoms with Crippen molar-refractivity contribution in [2.75, 3.05) is 46.8 Å². The molecule has 0 aliphatic carbocycles. The van der Waals surface area contributed by atoms with E-state index in [1.165, 1.54) is 16.5 Å². The molecule has 4 aromatic rings. The Morgan fingerprint density at radius 1 is 1.11 bits per heavy atom. The molecular weight excluding hydrogens is 474 g/mol. The van der Waals surface area contributed by atoms with E-state index >= 15 is 0 Å². The fourth-order valence-corrected chi connectivity index (χ4v) is 6.50. The number of hydrogen-bond donors (Lipinski definition) is 2. The Balaban J connectivity index is 1.19. The Labute approximate surface area is 224 Å². The molecule has 2 aliphatic heterocycles. The number of aromatic nitrogens is 4. The standard InChI is InChI=1S/C30H39N7O/c1-19(2)28-24-15-21(5-6-26(24)33-29(28)23-7-11-31-30-25(23)16-32-34-30)20-8-13-37(14-9-20)27(38)18-36-12-10-22(17-36)35(3)4/h5-7,11,15-16,19-20,22,33H,8-10,12-14,17-18H2,1-4H3,(H,31,32,34)/t22-/m0/s1. The van der Waals surface area contributed by atoms with Crippen LogP contribution in [0.4, 0.5) is 0 Å². The second kappa shape index (κ2) is 10.2. The van der Waals surface area contributed by atoms with E-state index in [9.17, 15) is 4.79 Å². The van der Waals surface area contributed by atoms with Crippen LogP contribution in [0.3, 0.4) is 0 Å². The Morgan fingerprint density at radius 2 is 1.92 bits per heavy atom. The van der Waals surface area contributed by atoms with Crippen LogP contribution in [0.1, 0.15) is 56.1 Å². The molecule has 0 spiro atoms. The first kappa shape index (κ1) is 25.1. The fourth-order valence-electron chi connectivity index (χ4n) is 6.50. The van der Waals surface area contributed by atoms with Crippen molar-refractivity contribution in [2.24, 2.45) is 0 Å². The van der Waals surface area contributed by atoms with E-state index in [1.807, 2.05) is 12.4 Å². The number of rotatable bonds is 6. The molecule has 38 heavy (non-hydrogen) atoms. The number of likely N-dealkylation sites (tertiary alicyclic amines) is 2. The largest absolute Gasteiger partial charge is 0.354 e. The Hall–Kier alpha value is -3.23. The molecule has 2 aliphatic rings. The molecule has 200 valence electrons. The van der Waals surface area contributed by atoms with Gasteiger partial charge in [-0.15, -0.1) is 0 Å². The molecule has 8 heteroatoms. The molecule has 0 radical (unpaired) electrons. The molecule has 0 bridgehead atoms. The first-order valence-corrected chi connectivity index (χ1v) is 14.0. The van der Waals surface area contributed by atoms with Gasteiger partial charge in [-0.3, -0.25) is 14.8 Å². The van der Waals surface area contributed by atoms with Gasteiger partial charge in [0, 0.05) is 60.3 Å².